The number of carbonyl (C=O) groups is 2. The molecule has 2 rings (SSSR count). The molecule has 0 fully saturated rings. The number of hydrogen-bond donors (Lipinski definition) is 0. The molecule has 110 valence electrons. The smallest absolute Gasteiger partial charge is 0.350 e. The number of carbonyl (C=O) groups excluding carboxylic acids is 2. The van der Waals surface area contributed by atoms with Gasteiger partial charge in [0.1, 0.15) is 10.7 Å². The molecular weight excluding hydrogens is 293 g/mol. The summed E-state index contributed by atoms with van der Waals surface area (Å²) in [5, 5.41) is 0.761. The summed E-state index contributed by atoms with van der Waals surface area (Å²) in [6.07, 6.45) is -0.940. The second-order valence-electron chi connectivity index (χ2n) is 4.57. The standard InChI is InChI=1S/C15H14FNO3S/c1-8-14(21-10(3)17-8)15(19)20-9(2)13(18)11-4-6-12(16)7-5-11/h4-7,9H,1-3H3/t9-/m0/s1. The van der Waals surface area contributed by atoms with E-state index in [4.69, 9.17) is 4.74 Å². The Balaban J connectivity index is 2.08. The zero-order chi connectivity index (χ0) is 15.6. The van der Waals surface area contributed by atoms with Crippen LogP contribution in [0.5, 0.6) is 0 Å². The predicted molar refractivity (Wildman–Crippen MR) is 77.2 cm³/mol. The third kappa shape index (κ3) is 3.52. The summed E-state index contributed by atoms with van der Waals surface area (Å²) in [5.41, 5.74) is 0.887. The minimum absolute atomic E-state index is 0.300. The van der Waals surface area contributed by atoms with Crippen molar-refractivity contribution >= 4 is 23.1 Å². The number of aryl methyl sites for hydroxylation is 2. The first-order valence-corrected chi connectivity index (χ1v) is 7.15. The van der Waals surface area contributed by atoms with E-state index in [1.807, 2.05) is 0 Å². The van der Waals surface area contributed by atoms with Crippen LogP contribution in [0.4, 0.5) is 4.39 Å². The van der Waals surface area contributed by atoms with E-state index in [-0.39, 0.29) is 5.78 Å². The Bertz CT molecular complexity index is 679. The fraction of sp³-hybridized carbons (Fsp3) is 0.267. The minimum Gasteiger partial charge on any atom is -0.450 e. The number of ketones is 1. The van der Waals surface area contributed by atoms with Crippen molar-refractivity contribution in [2.24, 2.45) is 0 Å². The Labute approximate surface area is 125 Å². The highest BCUT2D eigenvalue weighted by atomic mass is 32.1. The molecule has 0 spiro atoms. The number of Topliss-reactive ketones (excluding diaryl/α,β-unsaturated/α-hetero) is 1. The number of aromatic nitrogens is 1. The molecule has 1 heterocycles. The second kappa shape index (κ2) is 6.13. The Hall–Kier alpha value is -2.08. The molecule has 0 aliphatic heterocycles. The van der Waals surface area contributed by atoms with Gasteiger partial charge in [0.2, 0.25) is 5.78 Å². The van der Waals surface area contributed by atoms with Crippen LogP contribution < -0.4 is 0 Å². The van der Waals surface area contributed by atoms with E-state index >= 15 is 0 Å². The van der Waals surface area contributed by atoms with Crippen molar-refractivity contribution < 1.29 is 18.7 Å². The van der Waals surface area contributed by atoms with Gasteiger partial charge in [-0.15, -0.1) is 11.3 Å². The van der Waals surface area contributed by atoms with Crippen molar-refractivity contribution in [1.29, 1.82) is 0 Å². The van der Waals surface area contributed by atoms with Crippen molar-refractivity contribution in [2.75, 3.05) is 0 Å². The van der Waals surface area contributed by atoms with Gasteiger partial charge in [0.25, 0.3) is 0 Å². The minimum atomic E-state index is -0.940. The lowest BCUT2D eigenvalue weighted by Gasteiger charge is -2.11. The molecule has 6 heteroatoms. The fourth-order valence-corrected chi connectivity index (χ4v) is 2.64. The molecule has 0 unspecified atom stereocenters. The van der Waals surface area contributed by atoms with Crippen LogP contribution in [0.15, 0.2) is 24.3 Å². The molecule has 0 bridgehead atoms. The number of halogens is 1. The molecule has 1 aromatic carbocycles. The van der Waals surface area contributed by atoms with Crippen LogP contribution in [0.2, 0.25) is 0 Å². The number of ether oxygens (including phenoxy) is 1. The quantitative estimate of drug-likeness (QED) is 0.642. The lowest BCUT2D eigenvalue weighted by Crippen LogP contribution is -2.24. The third-order valence-electron chi connectivity index (χ3n) is 2.87. The Kier molecular flexibility index (Phi) is 4.47. The fourth-order valence-electron chi connectivity index (χ4n) is 1.84. The molecule has 0 amide bonds. The van der Waals surface area contributed by atoms with Crippen LogP contribution in [0.1, 0.15) is 37.7 Å². The van der Waals surface area contributed by atoms with Gasteiger partial charge >= 0.3 is 5.97 Å². The first-order chi connectivity index (χ1) is 9.88. The molecule has 4 nitrogen and oxygen atoms in total. The van der Waals surface area contributed by atoms with Crippen molar-refractivity contribution in [3.8, 4) is 0 Å². The van der Waals surface area contributed by atoms with Crippen LogP contribution >= 0.6 is 11.3 Å². The zero-order valence-electron chi connectivity index (χ0n) is 11.8. The monoisotopic (exact) mass is 307 g/mol. The van der Waals surface area contributed by atoms with Crippen LogP contribution in [0.3, 0.4) is 0 Å². The number of nitrogens with zero attached hydrogens (tertiary/aromatic N) is 1. The van der Waals surface area contributed by atoms with Gasteiger partial charge in [0.05, 0.1) is 10.7 Å². The number of benzene rings is 1. The van der Waals surface area contributed by atoms with Crippen molar-refractivity contribution in [3.63, 3.8) is 0 Å². The summed E-state index contributed by atoms with van der Waals surface area (Å²) in [5.74, 6) is -1.37. The van der Waals surface area contributed by atoms with Crippen LogP contribution in [0, 0.1) is 19.7 Å². The number of rotatable bonds is 4. The van der Waals surface area contributed by atoms with E-state index in [1.165, 1.54) is 42.5 Å². The average Bonchev–Trinajstić information content (AvgIpc) is 2.77. The van der Waals surface area contributed by atoms with E-state index in [2.05, 4.69) is 4.98 Å². The van der Waals surface area contributed by atoms with E-state index in [0.29, 0.717) is 16.1 Å². The molecule has 0 aliphatic rings. The highest BCUT2D eigenvalue weighted by Gasteiger charge is 2.23. The van der Waals surface area contributed by atoms with E-state index in [1.54, 1.807) is 13.8 Å². The molecule has 0 N–H and O–H groups in total. The summed E-state index contributed by atoms with van der Waals surface area (Å²) < 4.78 is 18.0. The molecule has 1 atom stereocenters. The van der Waals surface area contributed by atoms with Gasteiger partial charge in [-0.3, -0.25) is 4.79 Å². The summed E-state index contributed by atoms with van der Waals surface area (Å²) in [7, 11) is 0. The van der Waals surface area contributed by atoms with Gasteiger partial charge in [-0.2, -0.15) is 0 Å². The normalized spacial score (nSPS) is 12.0. The topological polar surface area (TPSA) is 56.3 Å². The number of hydrogen-bond acceptors (Lipinski definition) is 5. The van der Waals surface area contributed by atoms with Crippen LogP contribution in [-0.4, -0.2) is 22.8 Å². The van der Waals surface area contributed by atoms with Gasteiger partial charge in [-0.05, 0) is 45.0 Å². The lowest BCUT2D eigenvalue weighted by molar-refractivity contribution is 0.0322. The zero-order valence-corrected chi connectivity index (χ0v) is 12.7. The van der Waals surface area contributed by atoms with Gasteiger partial charge in [-0.25, -0.2) is 14.2 Å². The molecular formula is C15H14FNO3S. The number of thiazole rings is 1. The maximum Gasteiger partial charge on any atom is 0.350 e. The highest BCUT2D eigenvalue weighted by Crippen LogP contribution is 2.19. The summed E-state index contributed by atoms with van der Waals surface area (Å²) in [4.78, 5) is 28.7. The molecule has 0 aliphatic carbocycles. The highest BCUT2D eigenvalue weighted by molar-refractivity contribution is 7.13. The second-order valence-corrected chi connectivity index (χ2v) is 5.77. The molecule has 0 saturated carbocycles. The van der Waals surface area contributed by atoms with E-state index in [0.717, 1.165) is 5.01 Å². The van der Waals surface area contributed by atoms with Crippen LogP contribution in [0.25, 0.3) is 0 Å². The first kappa shape index (κ1) is 15.3. The molecule has 21 heavy (non-hydrogen) atoms. The Morgan fingerprint density at radius 3 is 2.38 bits per heavy atom. The summed E-state index contributed by atoms with van der Waals surface area (Å²) in [6.45, 7) is 5.00. The van der Waals surface area contributed by atoms with E-state index in [9.17, 15) is 14.0 Å². The van der Waals surface area contributed by atoms with Gasteiger partial charge < -0.3 is 4.74 Å². The summed E-state index contributed by atoms with van der Waals surface area (Å²) in [6, 6.07) is 5.12. The van der Waals surface area contributed by atoms with Crippen LogP contribution in [-0.2, 0) is 4.74 Å². The maximum absolute atomic E-state index is 12.8. The predicted octanol–water partition coefficient (Wildman–Crippen LogP) is 3.33. The third-order valence-corrected chi connectivity index (χ3v) is 3.92. The molecule has 2 aromatic rings. The lowest BCUT2D eigenvalue weighted by atomic mass is 10.1. The maximum atomic E-state index is 12.8. The Morgan fingerprint density at radius 2 is 1.86 bits per heavy atom. The SMILES string of the molecule is Cc1nc(C)c(C(=O)O[C@@H](C)C(=O)c2ccc(F)cc2)s1. The van der Waals surface area contributed by atoms with Gasteiger partial charge in [-0.1, -0.05) is 0 Å². The average molecular weight is 307 g/mol. The van der Waals surface area contributed by atoms with E-state index < -0.39 is 17.9 Å². The Morgan fingerprint density at radius 1 is 1.24 bits per heavy atom. The largest absolute Gasteiger partial charge is 0.450 e. The molecule has 0 radical (unpaired) electrons. The summed E-state index contributed by atoms with van der Waals surface area (Å²) >= 11 is 1.23. The van der Waals surface area contributed by atoms with Gasteiger partial charge in [0, 0.05) is 5.56 Å². The molecule has 0 saturated heterocycles. The van der Waals surface area contributed by atoms with Crippen molar-refractivity contribution in [2.45, 2.75) is 26.9 Å². The first-order valence-electron chi connectivity index (χ1n) is 6.33. The van der Waals surface area contributed by atoms with Crippen molar-refractivity contribution in [3.05, 3.63) is 51.2 Å². The number of esters is 1. The van der Waals surface area contributed by atoms with Crippen molar-refractivity contribution in [1.82, 2.24) is 4.98 Å². The van der Waals surface area contributed by atoms with Gasteiger partial charge in [0.15, 0.2) is 6.10 Å². The molecule has 1 aromatic heterocycles.